The number of piperidine rings is 1. The molecule has 172 valence electrons. The Balaban J connectivity index is 1.34. The van der Waals surface area contributed by atoms with Gasteiger partial charge in [0.05, 0.1) is 5.56 Å². The molecule has 1 amide bonds. The number of para-hydroxylation sites is 1. The summed E-state index contributed by atoms with van der Waals surface area (Å²) in [5.74, 6) is 2.16. The van der Waals surface area contributed by atoms with E-state index in [0.29, 0.717) is 29.3 Å². The lowest BCUT2D eigenvalue weighted by molar-refractivity contribution is -0.129. The van der Waals surface area contributed by atoms with Gasteiger partial charge in [-0.1, -0.05) is 30.3 Å². The number of hydrogen-bond donors (Lipinski definition) is 1. The zero-order chi connectivity index (χ0) is 23.5. The highest BCUT2D eigenvalue weighted by atomic mass is 16.5. The van der Waals surface area contributed by atoms with E-state index in [9.17, 15) is 9.59 Å². The standard InChI is InChI=1S/C26H25N5O3/c1-18(32)30-13-5-6-20(16-30)29-24-14-25-27-15-23(26(33)31(25)17-28-24)19-9-11-22(12-10-19)34-21-7-3-2-4-8-21/h2-4,7-12,14-15,17,20,29H,5-6,13,16H2,1H3/t20-/m1/s1. The van der Waals surface area contributed by atoms with Crippen molar-refractivity contribution in [1.29, 1.82) is 0 Å². The number of aromatic nitrogens is 3. The number of benzene rings is 2. The Labute approximate surface area is 196 Å². The number of rotatable bonds is 5. The number of likely N-dealkylation sites (tertiary alicyclic amines) is 1. The van der Waals surface area contributed by atoms with Gasteiger partial charge in [0.15, 0.2) is 0 Å². The van der Waals surface area contributed by atoms with Crippen LogP contribution in [0.2, 0.25) is 0 Å². The van der Waals surface area contributed by atoms with Crippen molar-refractivity contribution in [3.05, 3.63) is 83.5 Å². The Bertz CT molecular complexity index is 1370. The summed E-state index contributed by atoms with van der Waals surface area (Å²) in [6, 6.07) is 18.8. The maximum Gasteiger partial charge on any atom is 0.266 e. The van der Waals surface area contributed by atoms with Gasteiger partial charge < -0.3 is 15.0 Å². The van der Waals surface area contributed by atoms with Crippen LogP contribution < -0.4 is 15.6 Å². The molecular weight excluding hydrogens is 430 g/mol. The summed E-state index contributed by atoms with van der Waals surface area (Å²) in [5.41, 5.74) is 1.55. The Kier molecular flexibility index (Phi) is 5.95. The maximum absolute atomic E-state index is 13.1. The molecule has 34 heavy (non-hydrogen) atoms. The van der Waals surface area contributed by atoms with Crippen LogP contribution in [0.5, 0.6) is 11.5 Å². The molecule has 2 aromatic carbocycles. The first-order valence-electron chi connectivity index (χ1n) is 11.3. The van der Waals surface area contributed by atoms with Gasteiger partial charge in [0.2, 0.25) is 5.91 Å². The number of anilines is 1. The van der Waals surface area contributed by atoms with Crippen molar-refractivity contribution in [2.24, 2.45) is 0 Å². The maximum atomic E-state index is 13.1. The van der Waals surface area contributed by atoms with Gasteiger partial charge in [0.25, 0.3) is 5.56 Å². The van der Waals surface area contributed by atoms with Gasteiger partial charge in [0, 0.05) is 38.3 Å². The van der Waals surface area contributed by atoms with Crippen LogP contribution in [0.4, 0.5) is 5.82 Å². The number of carbonyl (C=O) groups is 1. The molecule has 4 aromatic rings. The second-order valence-corrected chi connectivity index (χ2v) is 8.37. The molecule has 3 heterocycles. The zero-order valence-corrected chi connectivity index (χ0v) is 18.8. The third-order valence-electron chi connectivity index (χ3n) is 5.96. The van der Waals surface area contributed by atoms with Crippen LogP contribution in [0.25, 0.3) is 16.8 Å². The average molecular weight is 456 g/mol. The normalized spacial score (nSPS) is 15.8. The summed E-state index contributed by atoms with van der Waals surface area (Å²) in [7, 11) is 0. The van der Waals surface area contributed by atoms with Crippen molar-refractivity contribution in [3.8, 4) is 22.6 Å². The molecule has 1 aliphatic heterocycles. The van der Waals surface area contributed by atoms with E-state index in [2.05, 4.69) is 15.3 Å². The Morgan fingerprint density at radius 3 is 2.59 bits per heavy atom. The second-order valence-electron chi connectivity index (χ2n) is 8.37. The fourth-order valence-corrected chi connectivity index (χ4v) is 4.17. The van der Waals surface area contributed by atoms with Crippen LogP contribution in [-0.4, -0.2) is 44.3 Å². The quantitative estimate of drug-likeness (QED) is 0.490. The van der Waals surface area contributed by atoms with Crippen molar-refractivity contribution in [1.82, 2.24) is 19.3 Å². The lowest BCUT2D eigenvalue weighted by Gasteiger charge is -2.32. The van der Waals surface area contributed by atoms with Crippen molar-refractivity contribution < 1.29 is 9.53 Å². The smallest absolute Gasteiger partial charge is 0.266 e. The molecule has 8 heteroatoms. The number of amides is 1. The highest BCUT2D eigenvalue weighted by Gasteiger charge is 2.21. The molecule has 1 aliphatic rings. The van der Waals surface area contributed by atoms with Crippen LogP contribution in [0.3, 0.4) is 0 Å². The van der Waals surface area contributed by atoms with E-state index in [0.717, 1.165) is 30.7 Å². The first-order chi connectivity index (χ1) is 16.6. The Morgan fingerprint density at radius 2 is 1.82 bits per heavy atom. The third kappa shape index (κ3) is 4.61. The predicted octanol–water partition coefficient (Wildman–Crippen LogP) is 3.97. The van der Waals surface area contributed by atoms with E-state index in [-0.39, 0.29) is 17.5 Å². The highest BCUT2D eigenvalue weighted by Crippen LogP contribution is 2.24. The molecule has 8 nitrogen and oxygen atoms in total. The summed E-state index contributed by atoms with van der Waals surface area (Å²) in [5, 5.41) is 3.38. The number of carbonyl (C=O) groups excluding carboxylic acids is 1. The van der Waals surface area contributed by atoms with Gasteiger partial charge in [-0.15, -0.1) is 0 Å². The molecule has 0 spiro atoms. The summed E-state index contributed by atoms with van der Waals surface area (Å²) < 4.78 is 7.27. The van der Waals surface area contributed by atoms with Gasteiger partial charge in [-0.2, -0.15) is 0 Å². The summed E-state index contributed by atoms with van der Waals surface area (Å²) in [6.07, 6.45) is 4.99. The molecule has 0 unspecified atom stereocenters. The Hall–Kier alpha value is -4.20. The number of fused-ring (bicyclic) bond motifs is 1. The number of nitrogens with zero attached hydrogens (tertiary/aromatic N) is 4. The lowest BCUT2D eigenvalue weighted by atomic mass is 10.1. The molecule has 1 fully saturated rings. The van der Waals surface area contributed by atoms with Gasteiger partial charge in [0.1, 0.15) is 29.3 Å². The second kappa shape index (κ2) is 9.35. The fourth-order valence-electron chi connectivity index (χ4n) is 4.17. The molecule has 2 aromatic heterocycles. The molecular formula is C26H25N5O3. The zero-order valence-electron chi connectivity index (χ0n) is 18.8. The lowest BCUT2D eigenvalue weighted by Crippen LogP contribution is -2.44. The van der Waals surface area contributed by atoms with E-state index < -0.39 is 0 Å². The predicted molar refractivity (Wildman–Crippen MR) is 130 cm³/mol. The molecule has 5 rings (SSSR count). The minimum atomic E-state index is -0.193. The average Bonchev–Trinajstić information content (AvgIpc) is 2.86. The van der Waals surface area contributed by atoms with Gasteiger partial charge in [-0.05, 0) is 42.7 Å². The third-order valence-corrected chi connectivity index (χ3v) is 5.96. The SMILES string of the molecule is CC(=O)N1CCC[C@@H](Nc2cc3ncc(-c4ccc(Oc5ccccc5)cc4)c(=O)n3cn2)C1. The highest BCUT2D eigenvalue weighted by molar-refractivity contribution is 5.73. The van der Waals surface area contributed by atoms with Gasteiger partial charge in [-0.3, -0.25) is 14.0 Å². The van der Waals surface area contributed by atoms with Crippen LogP contribution in [0.1, 0.15) is 19.8 Å². The van der Waals surface area contributed by atoms with Crippen LogP contribution >= 0.6 is 0 Å². The monoisotopic (exact) mass is 455 g/mol. The molecule has 0 radical (unpaired) electrons. The van der Waals surface area contributed by atoms with Crippen LogP contribution in [0, 0.1) is 0 Å². The van der Waals surface area contributed by atoms with E-state index in [1.807, 2.05) is 59.5 Å². The van der Waals surface area contributed by atoms with Crippen molar-refractivity contribution in [2.45, 2.75) is 25.8 Å². The van der Waals surface area contributed by atoms with Crippen molar-refractivity contribution >= 4 is 17.4 Å². The number of hydrogen-bond acceptors (Lipinski definition) is 6. The van der Waals surface area contributed by atoms with Gasteiger partial charge in [-0.25, -0.2) is 9.97 Å². The van der Waals surface area contributed by atoms with Crippen LogP contribution in [-0.2, 0) is 4.79 Å². The fraction of sp³-hybridized carbons (Fsp3) is 0.231. The van der Waals surface area contributed by atoms with Gasteiger partial charge >= 0.3 is 0 Å². The molecule has 1 saturated heterocycles. The first kappa shape index (κ1) is 21.6. The molecule has 0 saturated carbocycles. The van der Waals surface area contributed by atoms with E-state index in [1.54, 1.807) is 19.2 Å². The molecule has 1 atom stereocenters. The minimum Gasteiger partial charge on any atom is -0.457 e. The van der Waals surface area contributed by atoms with E-state index >= 15 is 0 Å². The molecule has 1 N–H and O–H groups in total. The van der Waals surface area contributed by atoms with Crippen molar-refractivity contribution in [3.63, 3.8) is 0 Å². The Morgan fingerprint density at radius 1 is 1.06 bits per heavy atom. The summed E-state index contributed by atoms with van der Waals surface area (Å²) >= 11 is 0. The van der Waals surface area contributed by atoms with Crippen molar-refractivity contribution in [2.75, 3.05) is 18.4 Å². The number of nitrogens with one attached hydrogen (secondary N) is 1. The van der Waals surface area contributed by atoms with E-state index in [1.165, 1.54) is 10.7 Å². The molecule has 0 bridgehead atoms. The largest absolute Gasteiger partial charge is 0.457 e. The topological polar surface area (TPSA) is 88.8 Å². The first-order valence-corrected chi connectivity index (χ1v) is 11.3. The van der Waals surface area contributed by atoms with E-state index in [4.69, 9.17) is 4.74 Å². The summed E-state index contributed by atoms with van der Waals surface area (Å²) in [6.45, 7) is 3.03. The molecule has 0 aliphatic carbocycles. The minimum absolute atomic E-state index is 0.0818. The van der Waals surface area contributed by atoms with Crippen LogP contribution in [0.15, 0.2) is 78.0 Å². The number of ether oxygens (including phenoxy) is 1. The summed E-state index contributed by atoms with van der Waals surface area (Å²) in [4.78, 5) is 35.5.